The maximum Gasteiger partial charge on any atom is 0.175 e. The van der Waals surface area contributed by atoms with E-state index in [4.69, 9.17) is 10.7 Å². The lowest BCUT2D eigenvalue weighted by atomic mass is 9.95. The van der Waals surface area contributed by atoms with E-state index in [-0.39, 0.29) is 12.0 Å². The number of benzene rings is 2. The average molecular weight is 540 g/mol. The number of nitrogens with one attached hydrogen (secondary N) is 1. The number of aryl methyl sites for hydroxylation is 1. The zero-order valence-corrected chi connectivity index (χ0v) is 22.2. The van der Waals surface area contributed by atoms with Crippen molar-refractivity contribution in [3.63, 3.8) is 0 Å². The molecule has 1 fully saturated rings. The lowest BCUT2D eigenvalue weighted by Crippen LogP contribution is -2.29. The number of hydrogen-bond acceptors (Lipinski definition) is 8. The first-order valence-electron chi connectivity index (χ1n) is 13.4. The van der Waals surface area contributed by atoms with Gasteiger partial charge in [-0.2, -0.15) is 0 Å². The molecule has 0 amide bonds. The summed E-state index contributed by atoms with van der Waals surface area (Å²) in [7, 11) is 1.61. The van der Waals surface area contributed by atoms with Crippen LogP contribution in [-0.4, -0.2) is 56.7 Å². The van der Waals surface area contributed by atoms with Crippen LogP contribution in [0.4, 0.5) is 17.3 Å². The van der Waals surface area contributed by atoms with Gasteiger partial charge in [-0.15, -0.1) is 0 Å². The minimum Gasteiger partial charge on any atom is -0.390 e. The molecule has 0 spiro atoms. The number of fused-ring (bicyclic) bond motifs is 2. The number of hydrazine groups is 1. The highest BCUT2D eigenvalue weighted by Gasteiger charge is 2.42. The third-order valence-corrected chi connectivity index (χ3v) is 8.18. The molecule has 2 aliphatic rings. The predicted molar refractivity (Wildman–Crippen MR) is 157 cm³/mol. The Balaban J connectivity index is 1.17. The molecular formula is C30H33N7O3. The van der Waals surface area contributed by atoms with Crippen molar-refractivity contribution in [3.05, 3.63) is 83.6 Å². The number of rotatable bonds is 7. The van der Waals surface area contributed by atoms with Gasteiger partial charge in [0.25, 0.3) is 0 Å². The fraction of sp³-hybridized carbons (Fsp3) is 0.300. The Morgan fingerprint density at radius 2 is 1.90 bits per heavy atom. The maximum absolute atomic E-state index is 10.9. The third kappa shape index (κ3) is 4.40. The monoisotopic (exact) mass is 539 g/mol. The van der Waals surface area contributed by atoms with Gasteiger partial charge in [-0.3, -0.25) is 15.4 Å². The van der Waals surface area contributed by atoms with Crippen molar-refractivity contribution >= 4 is 40.8 Å². The maximum atomic E-state index is 10.9. The SMILES string of the molecule is C=Nc1c(C(N)=NC)ccn1[C@@H]1C[C@H](CCc2ccc3cc4c(nc3c2)NN(c2ccccc2)C4O)[C@@H](O)[C@H]1O. The molecule has 1 unspecified atom stereocenters. The number of amidine groups is 1. The highest BCUT2D eigenvalue weighted by molar-refractivity contribution is 6.01. The zero-order valence-electron chi connectivity index (χ0n) is 22.2. The fourth-order valence-electron chi connectivity index (χ4n) is 5.99. The third-order valence-electron chi connectivity index (χ3n) is 8.18. The lowest BCUT2D eigenvalue weighted by molar-refractivity contribution is 0.00521. The van der Waals surface area contributed by atoms with Crippen LogP contribution >= 0.6 is 0 Å². The number of hydrogen-bond donors (Lipinski definition) is 5. The van der Waals surface area contributed by atoms with Gasteiger partial charge in [0.15, 0.2) is 12.0 Å². The van der Waals surface area contributed by atoms with Gasteiger partial charge < -0.3 is 25.6 Å². The zero-order chi connectivity index (χ0) is 28.0. The molecule has 0 radical (unpaired) electrons. The van der Waals surface area contributed by atoms with Gasteiger partial charge in [-0.1, -0.05) is 30.3 Å². The van der Waals surface area contributed by atoms with Crippen molar-refractivity contribution in [2.24, 2.45) is 21.6 Å². The molecule has 1 aliphatic carbocycles. The molecule has 4 aromatic rings. The van der Waals surface area contributed by atoms with Crippen molar-refractivity contribution in [3.8, 4) is 0 Å². The summed E-state index contributed by atoms with van der Waals surface area (Å²) in [6, 6.07) is 19.2. The first kappa shape index (κ1) is 26.0. The van der Waals surface area contributed by atoms with Gasteiger partial charge in [0, 0.05) is 24.2 Å². The average Bonchev–Trinajstić information content (AvgIpc) is 3.64. The van der Waals surface area contributed by atoms with E-state index >= 15 is 0 Å². The normalized spacial score (nSPS) is 24.4. The van der Waals surface area contributed by atoms with Gasteiger partial charge >= 0.3 is 0 Å². The number of anilines is 2. The van der Waals surface area contributed by atoms with E-state index in [1.54, 1.807) is 12.1 Å². The summed E-state index contributed by atoms with van der Waals surface area (Å²) in [5, 5.41) is 35.4. The standard InChI is InChI=1S/C30H33N7O3/c1-32-27(31)21-12-13-36(29(21)33-2)24-16-19(25(38)26(24)39)11-9-17-8-10-18-15-22-28(34-23(18)14-17)35-37(30(22)40)20-6-4-3-5-7-20/h3-8,10,12-15,19,24-26,30,38-40H,2,9,11,16H2,1H3,(H2,31,32)(H,34,35)/t19-,24+,25+,26-,30?/m0/s1. The molecular weight excluding hydrogens is 506 g/mol. The van der Waals surface area contributed by atoms with Crippen LogP contribution in [0.5, 0.6) is 0 Å². The molecule has 5 atom stereocenters. The molecule has 3 heterocycles. The predicted octanol–water partition coefficient (Wildman–Crippen LogP) is 3.46. The summed E-state index contributed by atoms with van der Waals surface area (Å²) in [6.45, 7) is 3.67. The minimum atomic E-state index is -0.934. The molecule has 0 saturated heterocycles. The summed E-state index contributed by atoms with van der Waals surface area (Å²) in [4.78, 5) is 13.0. The highest BCUT2D eigenvalue weighted by atomic mass is 16.3. The molecule has 1 saturated carbocycles. The summed E-state index contributed by atoms with van der Waals surface area (Å²) in [6.07, 6.45) is 1.21. The van der Waals surface area contributed by atoms with Gasteiger partial charge in [-0.05, 0) is 67.8 Å². The van der Waals surface area contributed by atoms with Crippen LogP contribution in [0.1, 0.15) is 41.8 Å². The molecule has 6 rings (SSSR count). The highest BCUT2D eigenvalue weighted by Crippen LogP contribution is 2.41. The van der Waals surface area contributed by atoms with Crippen molar-refractivity contribution in [2.45, 2.75) is 43.7 Å². The number of nitrogens with zero attached hydrogens (tertiary/aromatic N) is 5. The molecule has 0 bridgehead atoms. The quantitative estimate of drug-likeness (QED) is 0.179. The van der Waals surface area contributed by atoms with Gasteiger partial charge in [0.05, 0.1) is 28.9 Å². The van der Waals surface area contributed by atoms with Crippen LogP contribution in [0.15, 0.2) is 76.8 Å². The summed E-state index contributed by atoms with van der Waals surface area (Å²) in [5.41, 5.74) is 13.4. The summed E-state index contributed by atoms with van der Waals surface area (Å²) < 4.78 is 1.84. The molecule has 10 heteroatoms. The Labute approximate surface area is 232 Å². The van der Waals surface area contributed by atoms with E-state index in [2.05, 4.69) is 34.3 Å². The Kier molecular flexibility index (Phi) is 6.75. The number of para-hydroxylation sites is 1. The second kappa shape index (κ2) is 10.4. The second-order valence-corrected chi connectivity index (χ2v) is 10.5. The molecule has 1 aliphatic heterocycles. The van der Waals surface area contributed by atoms with E-state index < -0.39 is 18.4 Å². The number of aliphatic hydroxyl groups excluding tert-OH is 3. The first-order chi connectivity index (χ1) is 19.4. The van der Waals surface area contributed by atoms with E-state index in [0.717, 1.165) is 34.1 Å². The Morgan fingerprint density at radius 1 is 1.10 bits per heavy atom. The Bertz CT molecular complexity index is 1590. The van der Waals surface area contributed by atoms with Crippen LogP contribution < -0.4 is 16.2 Å². The van der Waals surface area contributed by atoms with Gasteiger partial charge in [0.2, 0.25) is 0 Å². The largest absolute Gasteiger partial charge is 0.390 e. The van der Waals surface area contributed by atoms with Crippen LogP contribution in [0.2, 0.25) is 0 Å². The molecule has 40 heavy (non-hydrogen) atoms. The van der Waals surface area contributed by atoms with Gasteiger partial charge in [-0.25, -0.2) is 9.98 Å². The number of aliphatic hydroxyl groups is 3. The minimum absolute atomic E-state index is 0.0966. The fourth-order valence-corrected chi connectivity index (χ4v) is 5.99. The smallest absolute Gasteiger partial charge is 0.175 e. The summed E-state index contributed by atoms with van der Waals surface area (Å²) >= 11 is 0. The van der Waals surface area contributed by atoms with Crippen LogP contribution in [0.25, 0.3) is 10.9 Å². The first-order valence-corrected chi connectivity index (χ1v) is 13.4. The molecule has 6 N–H and O–H groups in total. The van der Waals surface area contributed by atoms with E-state index in [1.165, 1.54) is 0 Å². The van der Waals surface area contributed by atoms with Crippen LogP contribution in [0.3, 0.4) is 0 Å². The van der Waals surface area contributed by atoms with Crippen LogP contribution in [-0.2, 0) is 6.42 Å². The van der Waals surface area contributed by atoms with Crippen LogP contribution in [0, 0.1) is 5.92 Å². The van der Waals surface area contributed by atoms with E-state index in [0.29, 0.717) is 35.9 Å². The Morgan fingerprint density at radius 3 is 2.65 bits per heavy atom. The second-order valence-electron chi connectivity index (χ2n) is 10.5. The van der Waals surface area contributed by atoms with Crippen molar-refractivity contribution < 1.29 is 15.3 Å². The number of aromatic nitrogens is 2. The van der Waals surface area contributed by atoms with E-state index in [1.807, 2.05) is 59.3 Å². The molecule has 2 aromatic carbocycles. The molecule has 2 aromatic heterocycles. The van der Waals surface area contributed by atoms with Crippen molar-refractivity contribution in [1.29, 1.82) is 0 Å². The lowest BCUT2D eigenvalue weighted by Gasteiger charge is -2.22. The number of pyridine rings is 1. The molecule has 206 valence electrons. The summed E-state index contributed by atoms with van der Waals surface area (Å²) in [5.74, 6) is 1.42. The van der Waals surface area contributed by atoms with Gasteiger partial charge in [0.1, 0.15) is 17.8 Å². The number of nitrogens with two attached hydrogens (primary N) is 1. The topological polar surface area (TPSA) is 145 Å². The molecule has 10 nitrogen and oxygen atoms in total. The van der Waals surface area contributed by atoms with Crippen molar-refractivity contribution in [1.82, 2.24) is 9.55 Å². The number of aliphatic imine (C=N–C) groups is 2. The van der Waals surface area contributed by atoms with Crippen molar-refractivity contribution in [2.75, 3.05) is 17.5 Å². The Hall–Kier alpha value is -4.25. The van der Waals surface area contributed by atoms with E-state index in [9.17, 15) is 15.3 Å².